The summed E-state index contributed by atoms with van der Waals surface area (Å²) in [5, 5.41) is 2.59. The smallest absolute Gasteiger partial charge is 0.342 e. The van der Waals surface area contributed by atoms with Gasteiger partial charge in [0.25, 0.3) is 5.91 Å². The number of carbonyl (C=O) groups excluding carboxylic acids is 2. The van der Waals surface area contributed by atoms with Crippen LogP contribution >= 0.6 is 15.9 Å². The Bertz CT molecular complexity index is 791. The maximum absolute atomic E-state index is 12.4. The standard InChI is InChI=1S/C20H20BrNO4/c1-3-11-22-19(23)14(2)26-20(24)17-9-4-5-10-18(17)25-13-15-7-6-8-16(21)12-15/h3-10,12,14H,1,11,13H2,2H3,(H,22,23)/t14-/m1/s1. The van der Waals surface area contributed by atoms with Crippen LogP contribution < -0.4 is 10.1 Å². The first-order valence-electron chi connectivity index (χ1n) is 8.07. The van der Waals surface area contributed by atoms with Crippen molar-refractivity contribution in [2.24, 2.45) is 0 Å². The van der Waals surface area contributed by atoms with Gasteiger partial charge in [0.05, 0.1) is 0 Å². The van der Waals surface area contributed by atoms with Crippen LogP contribution in [-0.2, 0) is 16.1 Å². The first kappa shape index (κ1) is 19.7. The van der Waals surface area contributed by atoms with Crippen LogP contribution in [0, 0.1) is 0 Å². The number of hydrogen-bond donors (Lipinski definition) is 1. The number of hydrogen-bond acceptors (Lipinski definition) is 4. The maximum Gasteiger partial charge on any atom is 0.342 e. The SMILES string of the molecule is C=CCNC(=O)[C@@H](C)OC(=O)c1ccccc1OCc1cccc(Br)c1. The summed E-state index contributed by atoms with van der Waals surface area (Å²) in [6, 6.07) is 14.5. The average molecular weight is 418 g/mol. The Morgan fingerprint density at radius 2 is 2.00 bits per heavy atom. The molecule has 1 N–H and O–H groups in total. The van der Waals surface area contributed by atoms with Crippen LogP contribution in [0.25, 0.3) is 0 Å². The molecule has 26 heavy (non-hydrogen) atoms. The molecule has 1 amide bonds. The number of nitrogens with one attached hydrogen (secondary N) is 1. The van der Waals surface area contributed by atoms with Crippen LogP contribution in [-0.4, -0.2) is 24.5 Å². The second-order valence-corrected chi connectivity index (χ2v) is 6.41. The molecular formula is C20H20BrNO4. The van der Waals surface area contributed by atoms with E-state index < -0.39 is 12.1 Å². The summed E-state index contributed by atoms with van der Waals surface area (Å²) >= 11 is 3.41. The van der Waals surface area contributed by atoms with Crippen LogP contribution in [0.2, 0.25) is 0 Å². The average Bonchev–Trinajstić information content (AvgIpc) is 2.64. The van der Waals surface area contributed by atoms with E-state index in [0.717, 1.165) is 10.0 Å². The molecule has 1 atom stereocenters. The molecule has 0 aliphatic heterocycles. The van der Waals surface area contributed by atoms with E-state index >= 15 is 0 Å². The fourth-order valence-corrected chi connectivity index (χ4v) is 2.59. The summed E-state index contributed by atoms with van der Waals surface area (Å²) in [6.07, 6.45) is 0.637. The molecule has 0 aromatic heterocycles. The van der Waals surface area contributed by atoms with E-state index in [1.54, 1.807) is 30.3 Å². The van der Waals surface area contributed by atoms with E-state index in [4.69, 9.17) is 9.47 Å². The number of esters is 1. The molecule has 0 heterocycles. The Balaban J connectivity index is 2.04. The van der Waals surface area contributed by atoms with Crippen molar-refractivity contribution in [3.8, 4) is 5.75 Å². The third-order valence-electron chi connectivity index (χ3n) is 3.46. The summed E-state index contributed by atoms with van der Waals surface area (Å²) in [4.78, 5) is 24.2. The molecular weight excluding hydrogens is 398 g/mol. The molecule has 0 fully saturated rings. The van der Waals surface area contributed by atoms with Crippen molar-refractivity contribution < 1.29 is 19.1 Å². The lowest BCUT2D eigenvalue weighted by molar-refractivity contribution is -0.128. The molecule has 0 spiro atoms. The first-order valence-corrected chi connectivity index (χ1v) is 8.86. The van der Waals surface area contributed by atoms with E-state index in [1.807, 2.05) is 24.3 Å². The molecule has 0 aliphatic carbocycles. The van der Waals surface area contributed by atoms with Gasteiger partial charge in [0.15, 0.2) is 6.10 Å². The molecule has 2 rings (SSSR count). The van der Waals surface area contributed by atoms with Crippen LogP contribution in [0.5, 0.6) is 5.75 Å². The molecule has 6 heteroatoms. The fraction of sp³-hybridized carbons (Fsp3) is 0.200. The van der Waals surface area contributed by atoms with E-state index in [9.17, 15) is 9.59 Å². The Kier molecular flexibility index (Phi) is 7.41. The van der Waals surface area contributed by atoms with Crippen LogP contribution in [0.3, 0.4) is 0 Å². The number of halogens is 1. The van der Waals surface area contributed by atoms with E-state index in [-0.39, 0.29) is 11.5 Å². The van der Waals surface area contributed by atoms with Crippen LogP contribution in [0.4, 0.5) is 0 Å². The van der Waals surface area contributed by atoms with Crippen molar-refractivity contribution in [3.05, 3.63) is 76.8 Å². The zero-order chi connectivity index (χ0) is 18.9. The number of para-hydroxylation sites is 1. The Morgan fingerprint density at radius 3 is 2.73 bits per heavy atom. The molecule has 0 bridgehead atoms. The van der Waals surface area contributed by atoms with E-state index in [0.29, 0.717) is 18.9 Å². The summed E-state index contributed by atoms with van der Waals surface area (Å²) in [5.41, 5.74) is 1.23. The lowest BCUT2D eigenvalue weighted by Gasteiger charge is -2.15. The molecule has 0 saturated carbocycles. The van der Waals surface area contributed by atoms with Crippen LogP contribution in [0.1, 0.15) is 22.8 Å². The van der Waals surface area contributed by atoms with Crippen molar-refractivity contribution in [2.45, 2.75) is 19.6 Å². The van der Waals surface area contributed by atoms with E-state index in [2.05, 4.69) is 27.8 Å². The first-order chi connectivity index (χ1) is 12.5. The van der Waals surface area contributed by atoms with Crippen LogP contribution in [0.15, 0.2) is 65.7 Å². The summed E-state index contributed by atoms with van der Waals surface area (Å²) in [6.45, 7) is 5.65. The second-order valence-electron chi connectivity index (χ2n) is 5.50. The third-order valence-corrected chi connectivity index (χ3v) is 3.96. The Morgan fingerprint density at radius 1 is 1.23 bits per heavy atom. The van der Waals surface area contributed by atoms with Crippen molar-refractivity contribution in [2.75, 3.05) is 6.54 Å². The van der Waals surface area contributed by atoms with Gasteiger partial charge in [0.1, 0.15) is 17.9 Å². The summed E-state index contributed by atoms with van der Waals surface area (Å²) in [7, 11) is 0. The normalized spacial score (nSPS) is 11.3. The summed E-state index contributed by atoms with van der Waals surface area (Å²) in [5.74, 6) is -0.599. The molecule has 0 aliphatic rings. The minimum atomic E-state index is -0.916. The number of amides is 1. The second kappa shape index (κ2) is 9.77. The minimum absolute atomic E-state index is 0.269. The lowest BCUT2D eigenvalue weighted by Crippen LogP contribution is -2.35. The zero-order valence-corrected chi connectivity index (χ0v) is 16.0. The number of ether oxygens (including phenoxy) is 2. The third kappa shape index (κ3) is 5.74. The highest BCUT2D eigenvalue weighted by molar-refractivity contribution is 9.10. The van der Waals surface area contributed by atoms with Gasteiger partial charge in [-0.1, -0.05) is 46.3 Å². The zero-order valence-electron chi connectivity index (χ0n) is 14.4. The maximum atomic E-state index is 12.4. The highest BCUT2D eigenvalue weighted by Crippen LogP contribution is 2.21. The highest BCUT2D eigenvalue weighted by atomic mass is 79.9. The number of benzene rings is 2. The molecule has 0 radical (unpaired) electrons. The fourth-order valence-electron chi connectivity index (χ4n) is 2.14. The van der Waals surface area contributed by atoms with Gasteiger partial charge in [-0.25, -0.2) is 4.79 Å². The molecule has 0 unspecified atom stereocenters. The predicted octanol–water partition coefficient (Wildman–Crippen LogP) is 3.88. The van der Waals surface area contributed by atoms with E-state index in [1.165, 1.54) is 6.92 Å². The Hall–Kier alpha value is -2.60. The van der Waals surface area contributed by atoms with Gasteiger partial charge in [0, 0.05) is 11.0 Å². The summed E-state index contributed by atoms with van der Waals surface area (Å²) < 4.78 is 12.0. The van der Waals surface area contributed by atoms with Gasteiger partial charge in [-0.05, 0) is 36.8 Å². The Labute approximate surface area is 161 Å². The molecule has 0 saturated heterocycles. The lowest BCUT2D eigenvalue weighted by atomic mass is 10.2. The monoisotopic (exact) mass is 417 g/mol. The van der Waals surface area contributed by atoms with Gasteiger partial charge in [-0.3, -0.25) is 4.79 Å². The van der Waals surface area contributed by atoms with Crippen molar-refractivity contribution >= 4 is 27.8 Å². The van der Waals surface area contributed by atoms with Gasteiger partial charge >= 0.3 is 5.97 Å². The molecule has 5 nitrogen and oxygen atoms in total. The quantitative estimate of drug-likeness (QED) is 0.522. The highest BCUT2D eigenvalue weighted by Gasteiger charge is 2.20. The van der Waals surface area contributed by atoms with Crippen molar-refractivity contribution in [1.29, 1.82) is 0 Å². The molecule has 136 valence electrons. The number of carbonyl (C=O) groups is 2. The van der Waals surface area contributed by atoms with Gasteiger partial charge in [-0.2, -0.15) is 0 Å². The van der Waals surface area contributed by atoms with Crippen molar-refractivity contribution in [1.82, 2.24) is 5.32 Å². The van der Waals surface area contributed by atoms with Gasteiger partial charge in [-0.15, -0.1) is 6.58 Å². The van der Waals surface area contributed by atoms with Crippen molar-refractivity contribution in [3.63, 3.8) is 0 Å². The van der Waals surface area contributed by atoms with Gasteiger partial charge < -0.3 is 14.8 Å². The largest absolute Gasteiger partial charge is 0.488 e. The van der Waals surface area contributed by atoms with Gasteiger partial charge in [0.2, 0.25) is 0 Å². The molecule has 2 aromatic rings. The topological polar surface area (TPSA) is 64.6 Å². The predicted molar refractivity (Wildman–Crippen MR) is 103 cm³/mol. The number of rotatable bonds is 8. The molecule has 2 aromatic carbocycles. The minimum Gasteiger partial charge on any atom is -0.488 e.